The number of ether oxygens (including phenoxy) is 1. The molecule has 1 atom stereocenters. The summed E-state index contributed by atoms with van der Waals surface area (Å²) < 4.78 is 32.4. The molecule has 280 valence electrons. The number of nitrogens with zero attached hydrogens (tertiary/aromatic N) is 4. The van der Waals surface area contributed by atoms with Crippen molar-refractivity contribution in [2.75, 3.05) is 23.7 Å². The number of anilines is 4. The molecule has 0 bridgehead atoms. The first-order valence-electron chi connectivity index (χ1n) is 18.0. The van der Waals surface area contributed by atoms with Crippen LogP contribution in [0.1, 0.15) is 87.6 Å². The van der Waals surface area contributed by atoms with Crippen LogP contribution in [0.25, 0.3) is 0 Å². The van der Waals surface area contributed by atoms with Gasteiger partial charge in [0.15, 0.2) is 15.7 Å². The van der Waals surface area contributed by atoms with Crippen molar-refractivity contribution >= 4 is 56.4 Å². The van der Waals surface area contributed by atoms with Gasteiger partial charge in [-0.3, -0.25) is 24.8 Å². The number of halogens is 1. The highest BCUT2D eigenvalue weighted by atomic mass is 35.5. The molecule has 2 aliphatic heterocycles. The third kappa shape index (κ3) is 8.97. The average Bonchev–Trinajstić information content (AvgIpc) is 3.11. The average molecular weight is 760 g/mol. The Morgan fingerprint density at radius 3 is 2.45 bits per heavy atom. The second-order valence-electron chi connectivity index (χ2n) is 14.2. The Balaban J connectivity index is 1.16. The normalized spacial score (nSPS) is 17.2. The predicted molar refractivity (Wildman–Crippen MR) is 206 cm³/mol. The van der Waals surface area contributed by atoms with E-state index in [0.29, 0.717) is 41.6 Å². The lowest BCUT2D eigenvalue weighted by Crippen LogP contribution is -2.39. The van der Waals surface area contributed by atoms with E-state index < -0.39 is 21.0 Å². The van der Waals surface area contributed by atoms with E-state index in [1.54, 1.807) is 44.3 Å². The molecule has 2 saturated heterocycles. The molecule has 1 unspecified atom stereocenters. The van der Waals surface area contributed by atoms with E-state index in [9.17, 15) is 18.0 Å². The topological polar surface area (TPSA) is 156 Å². The Morgan fingerprint density at radius 2 is 1.74 bits per heavy atom. The van der Waals surface area contributed by atoms with Crippen molar-refractivity contribution in [1.29, 1.82) is 0 Å². The zero-order chi connectivity index (χ0) is 37.9. The van der Waals surface area contributed by atoms with Gasteiger partial charge in [0.25, 0.3) is 0 Å². The van der Waals surface area contributed by atoms with Crippen LogP contribution >= 0.6 is 11.6 Å². The Morgan fingerprint density at radius 1 is 0.981 bits per heavy atom. The predicted octanol–water partition coefficient (Wildman–Crippen LogP) is 7.19. The maximum atomic E-state index is 13.0. The summed E-state index contributed by atoms with van der Waals surface area (Å²) in [6.45, 7) is 11.9. The van der Waals surface area contributed by atoms with Crippen LogP contribution in [0.5, 0.6) is 5.75 Å². The van der Waals surface area contributed by atoms with Gasteiger partial charge in [0.2, 0.25) is 17.8 Å². The van der Waals surface area contributed by atoms with Crippen LogP contribution in [0, 0.1) is 6.92 Å². The molecule has 2 aromatic carbocycles. The number of aryl methyl sites for hydroxylation is 1. The van der Waals surface area contributed by atoms with E-state index in [4.69, 9.17) is 16.3 Å². The number of aromatic nitrogens is 3. The number of amides is 2. The molecule has 0 aliphatic carbocycles. The van der Waals surface area contributed by atoms with Crippen molar-refractivity contribution < 1.29 is 22.7 Å². The minimum absolute atomic E-state index is 0.0823. The summed E-state index contributed by atoms with van der Waals surface area (Å²) in [6, 6.07) is 14.9. The number of hydrogen-bond acceptors (Lipinski definition) is 11. The monoisotopic (exact) mass is 759 g/mol. The fraction of sp³-hybridized carbons (Fsp3) is 0.410. The summed E-state index contributed by atoms with van der Waals surface area (Å²) in [6.07, 6.45) is 5.90. The van der Waals surface area contributed by atoms with Gasteiger partial charge >= 0.3 is 0 Å². The standard InChI is InChI=1S/C39H46ClN7O5S/c1-23(2)52-34-20-29(27-13-16-47(17-14-27)22-26-12-15-41-32(19-26)28-10-11-36(48)45-38(28)49)25(5)18-33(34)44-39-42-21-30(40)37(46-39)43-31-8-6-7-9-35(31)53(50,51)24(3)4/h6-9,12,15,18-21,23-24,27-28H,10-11,13-14,16-17,22H2,1-5H3,(H,45,48,49)(H2,42,43,44,46). The highest BCUT2D eigenvalue weighted by Gasteiger charge is 2.30. The molecular weight excluding hydrogens is 714 g/mol. The summed E-state index contributed by atoms with van der Waals surface area (Å²) in [4.78, 5) is 40.1. The maximum Gasteiger partial charge on any atom is 0.235 e. The molecule has 6 rings (SSSR count). The molecule has 53 heavy (non-hydrogen) atoms. The van der Waals surface area contributed by atoms with Gasteiger partial charge < -0.3 is 15.4 Å². The van der Waals surface area contributed by atoms with Gasteiger partial charge in [-0.2, -0.15) is 4.98 Å². The molecule has 2 fully saturated rings. The number of carbonyl (C=O) groups is 2. The van der Waals surface area contributed by atoms with Gasteiger partial charge in [-0.05, 0) is 126 Å². The molecule has 2 aliphatic rings. The maximum absolute atomic E-state index is 13.0. The smallest absolute Gasteiger partial charge is 0.235 e. The number of benzene rings is 2. The summed E-state index contributed by atoms with van der Waals surface area (Å²) in [5.74, 6) is 0.661. The molecule has 12 nitrogen and oxygen atoms in total. The molecule has 4 aromatic rings. The number of sulfone groups is 1. The molecule has 3 N–H and O–H groups in total. The van der Waals surface area contributed by atoms with E-state index in [0.717, 1.165) is 43.6 Å². The number of imide groups is 1. The first-order chi connectivity index (χ1) is 25.3. The van der Waals surface area contributed by atoms with E-state index in [2.05, 4.69) is 54.9 Å². The van der Waals surface area contributed by atoms with Crippen LogP contribution in [-0.4, -0.2) is 64.5 Å². The van der Waals surface area contributed by atoms with Crippen LogP contribution in [0.3, 0.4) is 0 Å². The molecule has 0 radical (unpaired) electrons. The highest BCUT2D eigenvalue weighted by Crippen LogP contribution is 2.39. The lowest BCUT2D eigenvalue weighted by molar-refractivity contribution is -0.134. The van der Waals surface area contributed by atoms with Crippen molar-refractivity contribution in [1.82, 2.24) is 25.2 Å². The molecule has 2 aromatic heterocycles. The summed E-state index contributed by atoms with van der Waals surface area (Å²) in [7, 11) is -3.57. The number of rotatable bonds is 12. The number of carbonyl (C=O) groups excluding carboxylic acids is 2. The van der Waals surface area contributed by atoms with Crippen molar-refractivity contribution in [3.63, 3.8) is 0 Å². The van der Waals surface area contributed by atoms with E-state index in [-0.39, 0.29) is 39.6 Å². The van der Waals surface area contributed by atoms with E-state index in [1.165, 1.54) is 11.8 Å². The lowest BCUT2D eigenvalue weighted by Gasteiger charge is -2.33. The number of hydrogen-bond donors (Lipinski definition) is 3. The van der Waals surface area contributed by atoms with Gasteiger partial charge in [0.1, 0.15) is 10.8 Å². The summed E-state index contributed by atoms with van der Waals surface area (Å²) in [5, 5.41) is 8.49. The minimum Gasteiger partial charge on any atom is -0.489 e. The lowest BCUT2D eigenvalue weighted by atomic mass is 9.86. The van der Waals surface area contributed by atoms with Gasteiger partial charge in [-0.1, -0.05) is 23.7 Å². The number of likely N-dealkylation sites (tertiary alicyclic amines) is 1. The van der Waals surface area contributed by atoms with E-state index in [1.807, 2.05) is 26.0 Å². The van der Waals surface area contributed by atoms with Gasteiger partial charge in [-0.25, -0.2) is 13.4 Å². The molecule has 0 spiro atoms. The highest BCUT2D eigenvalue weighted by molar-refractivity contribution is 7.92. The van der Waals surface area contributed by atoms with E-state index >= 15 is 0 Å². The van der Waals surface area contributed by atoms with Crippen LogP contribution in [-0.2, 0) is 26.0 Å². The number of nitrogens with one attached hydrogen (secondary N) is 3. The number of piperidine rings is 2. The Bertz CT molecular complexity index is 2100. The second kappa shape index (κ2) is 16.2. The molecule has 2 amide bonds. The third-order valence-electron chi connectivity index (χ3n) is 9.66. The first-order valence-corrected chi connectivity index (χ1v) is 19.9. The fourth-order valence-corrected chi connectivity index (χ4v) is 8.19. The number of para-hydroxylation sites is 1. The largest absolute Gasteiger partial charge is 0.489 e. The molecule has 4 heterocycles. The zero-order valence-electron chi connectivity index (χ0n) is 30.6. The van der Waals surface area contributed by atoms with Crippen molar-refractivity contribution in [3.05, 3.63) is 88.3 Å². The van der Waals surface area contributed by atoms with Gasteiger partial charge in [0.05, 0.1) is 45.4 Å². The number of pyridine rings is 1. The minimum atomic E-state index is -3.57. The molecule has 14 heteroatoms. The van der Waals surface area contributed by atoms with Gasteiger partial charge in [0, 0.05) is 19.2 Å². The quantitative estimate of drug-likeness (QED) is 0.126. The van der Waals surface area contributed by atoms with Gasteiger partial charge in [-0.15, -0.1) is 0 Å². The zero-order valence-corrected chi connectivity index (χ0v) is 32.2. The molecular formula is C39H46ClN7O5S. The summed E-state index contributed by atoms with van der Waals surface area (Å²) >= 11 is 6.49. The van der Waals surface area contributed by atoms with Crippen molar-refractivity contribution in [3.8, 4) is 5.75 Å². The first kappa shape index (κ1) is 38.1. The van der Waals surface area contributed by atoms with Crippen molar-refractivity contribution in [2.24, 2.45) is 0 Å². The Labute approximate surface area is 316 Å². The summed E-state index contributed by atoms with van der Waals surface area (Å²) in [5.41, 5.74) is 5.24. The van der Waals surface area contributed by atoms with Crippen LogP contribution in [0.15, 0.2) is 65.8 Å². The fourth-order valence-electron chi connectivity index (χ4n) is 6.85. The molecule has 0 saturated carbocycles. The Hall–Kier alpha value is -4.59. The Kier molecular flexibility index (Phi) is 11.7. The van der Waals surface area contributed by atoms with Crippen molar-refractivity contribution in [2.45, 2.75) is 94.9 Å². The van der Waals surface area contributed by atoms with Crippen LogP contribution in [0.2, 0.25) is 5.02 Å². The SMILES string of the molecule is Cc1cc(Nc2ncc(Cl)c(Nc3ccccc3S(=O)(=O)C(C)C)n2)c(OC(C)C)cc1C1CCN(Cc2ccnc(C3CCC(=O)NC3=O)c2)CC1. The van der Waals surface area contributed by atoms with Crippen LogP contribution in [0.4, 0.5) is 23.1 Å². The second-order valence-corrected chi connectivity index (χ2v) is 17.1. The van der Waals surface area contributed by atoms with Crippen LogP contribution < -0.4 is 20.7 Å². The third-order valence-corrected chi connectivity index (χ3v) is 12.2.